The Kier molecular flexibility index (Phi) is 4.05. The van der Waals surface area contributed by atoms with E-state index in [4.69, 9.17) is 0 Å². The molecule has 0 aliphatic carbocycles. The van der Waals surface area contributed by atoms with Crippen LogP contribution in [0.4, 0.5) is 0 Å². The maximum atomic E-state index is 3.78. The largest absolute Gasteiger partial charge is 0.352 e. The van der Waals surface area contributed by atoms with E-state index in [-0.39, 0.29) is 0 Å². The second-order valence-corrected chi connectivity index (χ2v) is 1.88. The molecule has 0 aromatic heterocycles. The smallest absolute Gasteiger partial charge is 0.0330 e. The molecule has 0 aliphatic rings. The normalized spacial score (nSPS) is 9.30. The SMILES string of the molecule is C=C/C=C\C(=C)N(C)C=C. The molecule has 10 heavy (non-hydrogen) atoms. The van der Waals surface area contributed by atoms with Gasteiger partial charge in [0.15, 0.2) is 0 Å². The first-order valence-electron chi connectivity index (χ1n) is 3.05. The van der Waals surface area contributed by atoms with Crippen LogP contribution in [0.2, 0.25) is 0 Å². The van der Waals surface area contributed by atoms with E-state index in [0.29, 0.717) is 0 Å². The molecule has 0 heterocycles. The highest BCUT2D eigenvalue weighted by Crippen LogP contribution is 1.98. The topological polar surface area (TPSA) is 3.24 Å². The van der Waals surface area contributed by atoms with Crippen LogP contribution in [0, 0.1) is 0 Å². The first-order chi connectivity index (χ1) is 4.72. The summed E-state index contributed by atoms with van der Waals surface area (Å²) in [5, 5.41) is 0. The molecule has 0 aliphatic heterocycles. The minimum Gasteiger partial charge on any atom is -0.352 e. The molecule has 0 bridgehead atoms. The van der Waals surface area contributed by atoms with E-state index >= 15 is 0 Å². The van der Waals surface area contributed by atoms with Gasteiger partial charge in [0.25, 0.3) is 0 Å². The number of rotatable bonds is 4. The van der Waals surface area contributed by atoms with Gasteiger partial charge in [0.1, 0.15) is 0 Å². The lowest BCUT2D eigenvalue weighted by molar-refractivity contribution is 0.593. The number of allylic oxidation sites excluding steroid dienone is 3. The van der Waals surface area contributed by atoms with Gasteiger partial charge in [0.05, 0.1) is 0 Å². The van der Waals surface area contributed by atoms with Crippen LogP contribution in [-0.2, 0) is 0 Å². The maximum Gasteiger partial charge on any atom is 0.0330 e. The molecule has 1 heteroatoms. The summed E-state index contributed by atoms with van der Waals surface area (Å²) < 4.78 is 0. The Labute approximate surface area is 62.7 Å². The molecule has 0 radical (unpaired) electrons. The number of hydrogen-bond donors (Lipinski definition) is 0. The highest BCUT2D eigenvalue weighted by atomic mass is 15.1. The Morgan fingerprint density at radius 2 is 2.00 bits per heavy atom. The van der Waals surface area contributed by atoms with Crippen molar-refractivity contribution < 1.29 is 0 Å². The predicted molar refractivity (Wildman–Crippen MR) is 46.4 cm³/mol. The Hall–Kier alpha value is -1.24. The third-order valence-corrected chi connectivity index (χ3v) is 1.15. The zero-order valence-electron chi connectivity index (χ0n) is 6.38. The van der Waals surface area contributed by atoms with Crippen LogP contribution in [0.15, 0.2) is 49.9 Å². The first kappa shape index (κ1) is 8.76. The molecule has 0 rings (SSSR count). The fourth-order valence-electron chi connectivity index (χ4n) is 0.414. The number of likely N-dealkylation sites (N-methyl/N-ethyl adjacent to an activating group) is 1. The van der Waals surface area contributed by atoms with E-state index in [2.05, 4.69) is 19.7 Å². The van der Waals surface area contributed by atoms with Gasteiger partial charge in [-0.3, -0.25) is 0 Å². The quantitative estimate of drug-likeness (QED) is 0.535. The van der Waals surface area contributed by atoms with Crippen molar-refractivity contribution in [1.29, 1.82) is 0 Å². The van der Waals surface area contributed by atoms with Gasteiger partial charge in [-0.2, -0.15) is 0 Å². The van der Waals surface area contributed by atoms with Crippen molar-refractivity contribution in [3.05, 3.63) is 49.9 Å². The van der Waals surface area contributed by atoms with Crippen molar-refractivity contribution in [3.63, 3.8) is 0 Å². The molecular weight excluding hydrogens is 122 g/mol. The zero-order valence-corrected chi connectivity index (χ0v) is 6.38. The zero-order chi connectivity index (χ0) is 7.98. The van der Waals surface area contributed by atoms with Gasteiger partial charge in [-0.05, 0) is 12.3 Å². The molecule has 1 nitrogen and oxygen atoms in total. The molecule has 0 fully saturated rings. The van der Waals surface area contributed by atoms with Crippen LogP contribution in [0.25, 0.3) is 0 Å². The third kappa shape index (κ3) is 2.92. The van der Waals surface area contributed by atoms with Gasteiger partial charge in [0, 0.05) is 12.7 Å². The Bertz CT molecular complexity index is 166. The van der Waals surface area contributed by atoms with Crippen molar-refractivity contribution in [2.45, 2.75) is 0 Å². The summed E-state index contributed by atoms with van der Waals surface area (Å²) in [6, 6.07) is 0. The molecular formula is C9H13N. The lowest BCUT2D eigenvalue weighted by atomic mass is 10.4. The fourth-order valence-corrected chi connectivity index (χ4v) is 0.414. The summed E-state index contributed by atoms with van der Waals surface area (Å²) in [5.74, 6) is 0. The Morgan fingerprint density at radius 1 is 1.40 bits per heavy atom. The lowest BCUT2D eigenvalue weighted by Gasteiger charge is -2.11. The van der Waals surface area contributed by atoms with Gasteiger partial charge in [-0.25, -0.2) is 0 Å². The van der Waals surface area contributed by atoms with Crippen molar-refractivity contribution in [3.8, 4) is 0 Å². The molecule has 0 aromatic carbocycles. The summed E-state index contributed by atoms with van der Waals surface area (Å²) in [5.41, 5.74) is 0.898. The molecule has 0 unspecified atom stereocenters. The van der Waals surface area contributed by atoms with E-state index in [1.54, 1.807) is 12.3 Å². The molecule has 0 atom stereocenters. The monoisotopic (exact) mass is 135 g/mol. The second-order valence-electron chi connectivity index (χ2n) is 1.88. The minimum atomic E-state index is 0.898. The molecule has 0 amide bonds. The Balaban J connectivity index is 3.95. The molecule has 0 saturated carbocycles. The Morgan fingerprint density at radius 3 is 2.40 bits per heavy atom. The molecule has 0 spiro atoms. The van der Waals surface area contributed by atoms with E-state index in [9.17, 15) is 0 Å². The summed E-state index contributed by atoms with van der Waals surface area (Å²) in [7, 11) is 1.89. The molecule has 0 N–H and O–H groups in total. The van der Waals surface area contributed by atoms with Gasteiger partial charge < -0.3 is 4.90 Å². The van der Waals surface area contributed by atoms with Crippen LogP contribution >= 0.6 is 0 Å². The van der Waals surface area contributed by atoms with E-state index in [1.807, 2.05) is 24.1 Å². The van der Waals surface area contributed by atoms with Crippen molar-refractivity contribution in [1.82, 2.24) is 4.90 Å². The number of hydrogen-bond acceptors (Lipinski definition) is 1. The van der Waals surface area contributed by atoms with Gasteiger partial charge in [-0.1, -0.05) is 31.9 Å². The predicted octanol–water partition coefficient (Wildman–Crippen LogP) is 2.32. The van der Waals surface area contributed by atoms with Crippen LogP contribution in [-0.4, -0.2) is 11.9 Å². The van der Waals surface area contributed by atoms with E-state index < -0.39 is 0 Å². The standard InChI is InChI=1S/C9H13N/c1-5-7-8-9(3)10(4)6-2/h5-8H,1-3H2,4H3/b8-7-. The summed E-state index contributed by atoms with van der Waals surface area (Å²) in [6.45, 7) is 10.9. The van der Waals surface area contributed by atoms with Gasteiger partial charge >= 0.3 is 0 Å². The molecule has 0 saturated heterocycles. The average molecular weight is 135 g/mol. The van der Waals surface area contributed by atoms with Gasteiger partial charge in [0.2, 0.25) is 0 Å². The second kappa shape index (κ2) is 4.62. The highest BCUT2D eigenvalue weighted by molar-refractivity contribution is 5.18. The molecule has 54 valence electrons. The van der Waals surface area contributed by atoms with Crippen LogP contribution in [0.5, 0.6) is 0 Å². The van der Waals surface area contributed by atoms with E-state index in [0.717, 1.165) is 5.70 Å². The summed E-state index contributed by atoms with van der Waals surface area (Å²) in [6.07, 6.45) is 7.12. The summed E-state index contributed by atoms with van der Waals surface area (Å²) >= 11 is 0. The highest BCUT2D eigenvalue weighted by Gasteiger charge is 1.88. The molecule has 0 aromatic rings. The van der Waals surface area contributed by atoms with Crippen molar-refractivity contribution in [2.24, 2.45) is 0 Å². The third-order valence-electron chi connectivity index (χ3n) is 1.15. The van der Waals surface area contributed by atoms with Crippen molar-refractivity contribution >= 4 is 0 Å². The minimum absolute atomic E-state index is 0.898. The van der Waals surface area contributed by atoms with E-state index in [1.165, 1.54) is 0 Å². The summed E-state index contributed by atoms with van der Waals surface area (Å²) in [4.78, 5) is 1.83. The average Bonchev–Trinajstić information content (AvgIpc) is 1.98. The van der Waals surface area contributed by atoms with Crippen LogP contribution in [0.1, 0.15) is 0 Å². The fraction of sp³-hybridized carbons (Fsp3) is 0.111. The van der Waals surface area contributed by atoms with Gasteiger partial charge in [-0.15, -0.1) is 0 Å². The first-order valence-corrected chi connectivity index (χ1v) is 3.05. The number of nitrogens with zero attached hydrogens (tertiary/aromatic N) is 1. The van der Waals surface area contributed by atoms with Crippen LogP contribution in [0.3, 0.4) is 0 Å². The van der Waals surface area contributed by atoms with Crippen LogP contribution < -0.4 is 0 Å². The lowest BCUT2D eigenvalue weighted by Crippen LogP contribution is -2.05. The maximum absolute atomic E-state index is 3.78. The van der Waals surface area contributed by atoms with Crippen molar-refractivity contribution in [2.75, 3.05) is 7.05 Å².